The van der Waals surface area contributed by atoms with Crippen LogP contribution in [-0.4, -0.2) is 0 Å². The number of benzene rings is 1. The maximum atomic E-state index is 3.73. The second-order valence-electron chi connectivity index (χ2n) is 2.33. The van der Waals surface area contributed by atoms with Gasteiger partial charge < -0.3 is 0 Å². The SMILES string of the molecule is C=Cc1cc(I)c(C)cc1Br. The second-order valence-corrected chi connectivity index (χ2v) is 4.34. The molecule has 58 valence electrons. The maximum Gasteiger partial charge on any atom is 0.0250 e. The molecule has 0 aliphatic rings. The second kappa shape index (κ2) is 3.72. The molecule has 0 heterocycles. The van der Waals surface area contributed by atoms with Crippen molar-refractivity contribution in [1.82, 2.24) is 0 Å². The van der Waals surface area contributed by atoms with Gasteiger partial charge in [-0.3, -0.25) is 0 Å². The lowest BCUT2D eigenvalue weighted by molar-refractivity contribution is 1.40. The average molecular weight is 323 g/mol. The summed E-state index contributed by atoms with van der Waals surface area (Å²) in [5.74, 6) is 0. The Morgan fingerprint density at radius 2 is 2.18 bits per heavy atom. The van der Waals surface area contributed by atoms with Crippen LogP contribution in [0.15, 0.2) is 23.2 Å². The molecule has 1 aromatic rings. The van der Waals surface area contributed by atoms with Crippen LogP contribution in [0, 0.1) is 10.5 Å². The summed E-state index contributed by atoms with van der Waals surface area (Å²) in [4.78, 5) is 0. The minimum Gasteiger partial charge on any atom is -0.0984 e. The number of hydrogen-bond donors (Lipinski definition) is 0. The van der Waals surface area contributed by atoms with Crippen LogP contribution in [0.1, 0.15) is 11.1 Å². The number of rotatable bonds is 1. The quantitative estimate of drug-likeness (QED) is 0.685. The maximum absolute atomic E-state index is 3.73. The van der Waals surface area contributed by atoms with Crippen LogP contribution in [0.25, 0.3) is 6.08 Å². The minimum atomic E-state index is 1.12. The van der Waals surface area contributed by atoms with Crippen LogP contribution >= 0.6 is 38.5 Å². The zero-order valence-electron chi connectivity index (χ0n) is 6.20. The van der Waals surface area contributed by atoms with E-state index in [4.69, 9.17) is 0 Å². The summed E-state index contributed by atoms with van der Waals surface area (Å²) in [7, 11) is 0. The van der Waals surface area contributed by atoms with Crippen molar-refractivity contribution in [3.05, 3.63) is 37.9 Å². The Hall–Kier alpha value is 0.170. The van der Waals surface area contributed by atoms with Crippen molar-refractivity contribution in [2.24, 2.45) is 0 Å². The molecule has 1 rings (SSSR count). The Bertz CT molecular complexity index is 292. The van der Waals surface area contributed by atoms with Gasteiger partial charge >= 0.3 is 0 Å². The summed E-state index contributed by atoms with van der Waals surface area (Å²) in [6, 6.07) is 4.23. The van der Waals surface area contributed by atoms with E-state index in [1.165, 1.54) is 9.13 Å². The first-order chi connectivity index (χ1) is 5.15. The Labute approximate surface area is 89.0 Å². The predicted octanol–water partition coefficient (Wildman–Crippen LogP) is 4.01. The van der Waals surface area contributed by atoms with E-state index in [0.29, 0.717) is 0 Å². The van der Waals surface area contributed by atoms with Gasteiger partial charge in [0.25, 0.3) is 0 Å². The zero-order chi connectivity index (χ0) is 8.43. The van der Waals surface area contributed by atoms with Gasteiger partial charge in [-0.1, -0.05) is 28.6 Å². The zero-order valence-corrected chi connectivity index (χ0v) is 9.94. The lowest BCUT2D eigenvalue weighted by atomic mass is 10.1. The topological polar surface area (TPSA) is 0 Å². The van der Waals surface area contributed by atoms with Crippen molar-refractivity contribution in [2.45, 2.75) is 6.92 Å². The molecule has 0 atom stereocenters. The van der Waals surface area contributed by atoms with Crippen molar-refractivity contribution < 1.29 is 0 Å². The summed E-state index contributed by atoms with van der Waals surface area (Å²) in [5, 5.41) is 0. The molecule has 0 radical (unpaired) electrons. The third-order valence-corrected chi connectivity index (χ3v) is 3.35. The summed E-state index contributed by atoms with van der Waals surface area (Å²) in [6.45, 7) is 5.83. The molecule has 0 spiro atoms. The summed E-state index contributed by atoms with van der Waals surface area (Å²) < 4.78 is 2.39. The monoisotopic (exact) mass is 322 g/mol. The highest BCUT2D eigenvalue weighted by Crippen LogP contribution is 2.23. The van der Waals surface area contributed by atoms with Gasteiger partial charge in [0.15, 0.2) is 0 Å². The fourth-order valence-electron chi connectivity index (χ4n) is 0.818. The smallest absolute Gasteiger partial charge is 0.0250 e. The largest absolute Gasteiger partial charge is 0.0984 e. The molecule has 0 unspecified atom stereocenters. The van der Waals surface area contributed by atoms with E-state index < -0.39 is 0 Å². The van der Waals surface area contributed by atoms with E-state index in [1.807, 2.05) is 6.08 Å². The highest BCUT2D eigenvalue weighted by atomic mass is 127. The fourth-order valence-corrected chi connectivity index (χ4v) is 1.93. The van der Waals surface area contributed by atoms with Gasteiger partial charge in [-0.25, -0.2) is 0 Å². The van der Waals surface area contributed by atoms with E-state index in [2.05, 4.69) is 64.2 Å². The Kier molecular flexibility index (Phi) is 3.13. The van der Waals surface area contributed by atoms with Crippen LogP contribution in [0.4, 0.5) is 0 Å². The molecule has 0 nitrogen and oxygen atoms in total. The third kappa shape index (κ3) is 2.06. The Morgan fingerprint density at radius 3 is 2.73 bits per heavy atom. The molecular formula is C9H8BrI. The normalized spacial score (nSPS) is 9.73. The molecule has 2 heteroatoms. The van der Waals surface area contributed by atoms with E-state index in [-0.39, 0.29) is 0 Å². The molecule has 0 aromatic heterocycles. The van der Waals surface area contributed by atoms with Gasteiger partial charge in [0.1, 0.15) is 0 Å². The third-order valence-electron chi connectivity index (χ3n) is 1.50. The van der Waals surface area contributed by atoms with Crippen molar-refractivity contribution >= 4 is 44.6 Å². The van der Waals surface area contributed by atoms with Crippen LogP contribution in [-0.2, 0) is 0 Å². The standard InChI is InChI=1S/C9H8BrI/c1-3-7-5-9(11)6(2)4-8(7)10/h3-5H,1H2,2H3. The van der Waals surface area contributed by atoms with Crippen molar-refractivity contribution in [3.8, 4) is 0 Å². The first-order valence-electron chi connectivity index (χ1n) is 3.23. The molecule has 0 fully saturated rings. The van der Waals surface area contributed by atoms with Crippen molar-refractivity contribution in [1.29, 1.82) is 0 Å². The van der Waals surface area contributed by atoms with Crippen LogP contribution in [0.3, 0.4) is 0 Å². The molecular weight excluding hydrogens is 315 g/mol. The van der Waals surface area contributed by atoms with E-state index in [9.17, 15) is 0 Å². The number of hydrogen-bond acceptors (Lipinski definition) is 0. The van der Waals surface area contributed by atoms with Gasteiger partial charge in [0.2, 0.25) is 0 Å². The summed E-state index contributed by atoms with van der Waals surface area (Å²) in [5.41, 5.74) is 2.45. The van der Waals surface area contributed by atoms with Crippen LogP contribution in [0.2, 0.25) is 0 Å². The first kappa shape index (κ1) is 9.26. The van der Waals surface area contributed by atoms with Gasteiger partial charge in [0, 0.05) is 8.04 Å². The van der Waals surface area contributed by atoms with Crippen molar-refractivity contribution in [2.75, 3.05) is 0 Å². The Balaban J connectivity index is 3.31. The summed E-state index contributed by atoms with van der Waals surface area (Å²) >= 11 is 5.79. The van der Waals surface area contributed by atoms with Crippen molar-refractivity contribution in [3.63, 3.8) is 0 Å². The van der Waals surface area contributed by atoms with E-state index in [1.54, 1.807) is 0 Å². The van der Waals surface area contributed by atoms with E-state index >= 15 is 0 Å². The molecule has 0 saturated carbocycles. The molecule has 0 N–H and O–H groups in total. The van der Waals surface area contributed by atoms with Gasteiger partial charge in [-0.2, -0.15) is 0 Å². The average Bonchev–Trinajstić information content (AvgIpc) is 1.97. The molecule has 0 aliphatic heterocycles. The first-order valence-corrected chi connectivity index (χ1v) is 5.10. The molecule has 0 amide bonds. The lowest BCUT2D eigenvalue weighted by Crippen LogP contribution is -1.83. The predicted molar refractivity (Wildman–Crippen MR) is 61.7 cm³/mol. The molecule has 0 aliphatic carbocycles. The van der Waals surface area contributed by atoms with Gasteiger partial charge in [-0.05, 0) is 52.8 Å². The number of aryl methyl sites for hydroxylation is 1. The van der Waals surface area contributed by atoms with E-state index in [0.717, 1.165) is 10.0 Å². The lowest BCUT2D eigenvalue weighted by Gasteiger charge is -2.02. The van der Waals surface area contributed by atoms with Gasteiger partial charge in [0.05, 0.1) is 0 Å². The van der Waals surface area contributed by atoms with Gasteiger partial charge in [-0.15, -0.1) is 0 Å². The highest BCUT2D eigenvalue weighted by Gasteiger charge is 1.99. The minimum absolute atomic E-state index is 1.12. The molecule has 1 aromatic carbocycles. The fraction of sp³-hybridized carbons (Fsp3) is 0.111. The van der Waals surface area contributed by atoms with Crippen LogP contribution < -0.4 is 0 Å². The highest BCUT2D eigenvalue weighted by molar-refractivity contribution is 14.1. The molecule has 11 heavy (non-hydrogen) atoms. The number of halogens is 2. The molecule has 0 saturated heterocycles. The van der Waals surface area contributed by atoms with Crippen LogP contribution in [0.5, 0.6) is 0 Å². The Morgan fingerprint density at radius 1 is 1.55 bits per heavy atom. The summed E-state index contributed by atoms with van der Waals surface area (Å²) in [6.07, 6.45) is 1.85. The molecule has 0 bridgehead atoms.